The normalized spacial score (nSPS) is 26.6. The van der Waals surface area contributed by atoms with E-state index in [-0.39, 0.29) is 0 Å². The van der Waals surface area contributed by atoms with Crippen molar-refractivity contribution in [3.8, 4) is 0 Å². The summed E-state index contributed by atoms with van der Waals surface area (Å²) in [6, 6.07) is 7.46. The summed E-state index contributed by atoms with van der Waals surface area (Å²) in [5.41, 5.74) is 1.78. The molecule has 2 aliphatic heterocycles. The molecule has 3 fully saturated rings. The predicted octanol–water partition coefficient (Wildman–Crippen LogP) is 1.87. The number of benzene rings is 1. The first-order valence-corrected chi connectivity index (χ1v) is 6.09. The van der Waals surface area contributed by atoms with Crippen LogP contribution in [0, 0.1) is 11.8 Å². The van der Waals surface area contributed by atoms with E-state index in [4.69, 9.17) is 0 Å². The van der Waals surface area contributed by atoms with Crippen LogP contribution in [0.25, 0.3) is 0 Å². The Morgan fingerprint density at radius 2 is 1.94 bits per heavy atom. The van der Waals surface area contributed by atoms with Crippen molar-refractivity contribution in [1.82, 2.24) is 4.90 Å². The van der Waals surface area contributed by atoms with E-state index in [2.05, 4.69) is 0 Å². The molecule has 1 aromatic carbocycles. The van der Waals surface area contributed by atoms with Crippen LogP contribution >= 0.6 is 0 Å². The number of hydrogen-bond donors (Lipinski definition) is 0. The number of hydrogen-bond acceptors (Lipinski definition) is 2. The third kappa shape index (κ3) is 1.86. The maximum absolute atomic E-state index is 12.0. The molecule has 17 heavy (non-hydrogen) atoms. The van der Waals surface area contributed by atoms with Crippen LogP contribution in [0.2, 0.25) is 0 Å². The lowest BCUT2D eigenvalue weighted by atomic mass is 9.70. The number of aldehydes is 1. The molecule has 0 spiro atoms. The van der Waals surface area contributed by atoms with Gasteiger partial charge in [0, 0.05) is 24.6 Å². The zero-order valence-electron chi connectivity index (χ0n) is 9.63. The van der Waals surface area contributed by atoms with Gasteiger partial charge in [-0.05, 0) is 24.3 Å². The monoisotopic (exact) mass is 229 g/mol. The molecule has 1 saturated carbocycles. The Morgan fingerprint density at radius 1 is 1.24 bits per heavy atom. The third-order valence-electron chi connectivity index (χ3n) is 3.86. The molecular weight excluding hydrogens is 214 g/mol. The lowest BCUT2D eigenvalue weighted by Crippen LogP contribution is -2.52. The van der Waals surface area contributed by atoms with Crippen LogP contribution in [0.1, 0.15) is 28.8 Å². The highest BCUT2D eigenvalue weighted by Crippen LogP contribution is 2.40. The van der Waals surface area contributed by atoms with Gasteiger partial charge in [-0.25, -0.2) is 0 Å². The van der Waals surface area contributed by atoms with E-state index in [9.17, 15) is 9.59 Å². The fraction of sp³-hybridized carbons (Fsp3) is 0.429. The van der Waals surface area contributed by atoms with Gasteiger partial charge in [0.05, 0.1) is 0 Å². The standard InChI is InChI=1S/C14H15NO2/c16-9-11-3-1-10(2-4-11)7-15-8-12-5-13(6-12)14(15)17/h1-4,9,12-13H,5-8H2. The molecule has 2 bridgehead atoms. The van der Waals surface area contributed by atoms with E-state index in [0.717, 1.165) is 37.2 Å². The molecule has 2 heterocycles. The zero-order valence-corrected chi connectivity index (χ0v) is 9.63. The maximum atomic E-state index is 12.0. The van der Waals surface area contributed by atoms with Crippen molar-refractivity contribution in [2.24, 2.45) is 11.8 Å². The van der Waals surface area contributed by atoms with Crippen molar-refractivity contribution < 1.29 is 9.59 Å². The summed E-state index contributed by atoms with van der Waals surface area (Å²) < 4.78 is 0. The van der Waals surface area contributed by atoms with Gasteiger partial charge in [0.1, 0.15) is 6.29 Å². The summed E-state index contributed by atoms with van der Waals surface area (Å²) in [4.78, 5) is 24.5. The van der Waals surface area contributed by atoms with Crippen molar-refractivity contribution >= 4 is 12.2 Å². The van der Waals surface area contributed by atoms with Gasteiger partial charge in [0.2, 0.25) is 5.91 Å². The van der Waals surface area contributed by atoms with E-state index < -0.39 is 0 Å². The minimum atomic E-state index is 0.294. The number of fused-ring (bicyclic) bond motifs is 2. The second-order valence-corrected chi connectivity index (χ2v) is 5.11. The first-order chi connectivity index (χ1) is 8.26. The highest BCUT2D eigenvalue weighted by atomic mass is 16.2. The molecule has 0 N–H and O–H groups in total. The second-order valence-electron chi connectivity index (χ2n) is 5.11. The summed E-state index contributed by atoms with van der Waals surface area (Å²) in [7, 11) is 0. The number of nitrogens with zero attached hydrogens (tertiary/aromatic N) is 1. The summed E-state index contributed by atoms with van der Waals surface area (Å²) in [6.07, 6.45) is 3.03. The lowest BCUT2D eigenvalue weighted by molar-refractivity contribution is -0.149. The van der Waals surface area contributed by atoms with Crippen LogP contribution in [0.3, 0.4) is 0 Å². The van der Waals surface area contributed by atoms with E-state index >= 15 is 0 Å². The average Bonchev–Trinajstić information content (AvgIpc) is 2.31. The Bertz CT molecular complexity index is 446. The topological polar surface area (TPSA) is 37.4 Å². The number of carbonyl (C=O) groups is 2. The molecule has 3 nitrogen and oxygen atoms in total. The molecule has 2 saturated heterocycles. The molecule has 1 amide bonds. The molecule has 4 rings (SSSR count). The first kappa shape index (κ1) is 10.5. The van der Waals surface area contributed by atoms with E-state index in [1.165, 1.54) is 0 Å². The number of carbonyl (C=O) groups excluding carboxylic acids is 2. The lowest BCUT2D eigenvalue weighted by Gasteiger charge is -2.46. The third-order valence-corrected chi connectivity index (χ3v) is 3.86. The van der Waals surface area contributed by atoms with E-state index in [1.54, 1.807) is 12.1 Å². The highest BCUT2D eigenvalue weighted by Gasteiger charge is 2.43. The van der Waals surface area contributed by atoms with Crippen LogP contribution < -0.4 is 0 Å². The van der Waals surface area contributed by atoms with E-state index in [1.807, 2.05) is 17.0 Å². The molecule has 1 aromatic rings. The fourth-order valence-electron chi connectivity index (χ4n) is 2.81. The largest absolute Gasteiger partial charge is 0.338 e. The van der Waals surface area contributed by atoms with Crippen LogP contribution in [0.5, 0.6) is 0 Å². The Morgan fingerprint density at radius 3 is 2.53 bits per heavy atom. The van der Waals surface area contributed by atoms with Gasteiger partial charge >= 0.3 is 0 Å². The molecule has 3 heteroatoms. The fourth-order valence-corrected chi connectivity index (χ4v) is 2.81. The van der Waals surface area contributed by atoms with Crippen molar-refractivity contribution in [3.63, 3.8) is 0 Å². The molecular formula is C14H15NO2. The van der Waals surface area contributed by atoms with E-state index in [0.29, 0.717) is 23.9 Å². The molecule has 3 aliphatic rings. The van der Waals surface area contributed by atoms with Gasteiger partial charge in [-0.1, -0.05) is 24.3 Å². The first-order valence-electron chi connectivity index (χ1n) is 6.09. The Kier molecular flexibility index (Phi) is 2.46. The predicted molar refractivity (Wildman–Crippen MR) is 63.5 cm³/mol. The SMILES string of the molecule is O=Cc1ccc(CN2CC3CC(C3)C2=O)cc1. The molecule has 0 unspecified atom stereocenters. The van der Waals surface area contributed by atoms with Crippen molar-refractivity contribution in [2.45, 2.75) is 19.4 Å². The molecule has 0 atom stereocenters. The van der Waals surface area contributed by atoms with Crippen LogP contribution in [0.4, 0.5) is 0 Å². The van der Waals surface area contributed by atoms with Crippen LogP contribution in [-0.2, 0) is 11.3 Å². The smallest absolute Gasteiger partial charge is 0.226 e. The molecule has 1 aliphatic carbocycles. The van der Waals surface area contributed by atoms with Crippen molar-refractivity contribution in [1.29, 1.82) is 0 Å². The van der Waals surface area contributed by atoms with Gasteiger partial charge in [0.15, 0.2) is 0 Å². The van der Waals surface area contributed by atoms with Crippen molar-refractivity contribution in [3.05, 3.63) is 35.4 Å². The number of piperidine rings is 2. The maximum Gasteiger partial charge on any atom is 0.226 e. The molecule has 0 radical (unpaired) electrons. The Balaban J connectivity index is 1.69. The minimum absolute atomic E-state index is 0.294. The summed E-state index contributed by atoms with van der Waals surface area (Å²) in [6.45, 7) is 1.59. The van der Waals surface area contributed by atoms with Gasteiger partial charge in [-0.2, -0.15) is 0 Å². The van der Waals surface area contributed by atoms with Gasteiger partial charge < -0.3 is 4.90 Å². The Labute approximate surface area is 100 Å². The highest BCUT2D eigenvalue weighted by molar-refractivity contribution is 5.81. The van der Waals surface area contributed by atoms with Gasteiger partial charge in [-0.15, -0.1) is 0 Å². The van der Waals surface area contributed by atoms with Crippen LogP contribution in [-0.4, -0.2) is 23.6 Å². The summed E-state index contributed by atoms with van der Waals surface area (Å²) in [5.74, 6) is 1.34. The number of amides is 1. The Hall–Kier alpha value is -1.64. The summed E-state index contributed by atoms with van der Waals surface area (Å²) >= 11 is 0. The van der Waals surface area contributed by atoms with Crippen LogP contribution in [0.15, 0.2) is 24.3 Å². The summed E-state index contributed by atoms with van der Waals surface area (Å²) in [5, 5.41) is 0. The second kappa shape index (κ2) is 3.99. The van der Waals surface area contributed by atoms with Gasteiger partial charge in [-0.3, -0.25) is 9.59 Å². The minimum Gasteiger partial charge on any atom is -0.338 e. The van der Waals surface area contributed by atoms with Crippen molar-refractivity contribution in [2.75, 3.05) is 6.54 Å². The average molecular weight is 229 g/mol. The van der Waals surface area contributed by atoms with Gasteiger partial charge in [0.25, 0.3) is 0 Å². The zero-order chi connectivity index (χ0) is 11.8. The molecule has 0 aromatic heterocycles. The quantitative estimate of drug-likeness (QED) is 0.742. The number of rotatable bonds is 3. The molecule has 88 valence electrons.